The van der Waals surface area contributed by atoms with Crippen LogP contribution in [0.5, 0.6) is 0 Å². The highest BCUT2D eigenvalue weighted by Crippen LogP contribution is 2.20. The molecule has 2 aromatic carbocycles. The molecule has 0 spiro atoms. The van der Waals surface area contributed by atoms with E-state index < -0.39 is 17.8 Å². The smallest absolute Gasteiger partial charge is 0.338 e. The zero-order chi connectivity index (χ0) is 21.0. The standard InChI is InChI=1S/C20H17BrN2O5S/c1-3-28-19(26)13-7-8-15-16(10-13)29-20(23(15)11-17(24)27-2)22-18(25)12-5-4-6-14(21)9-12/h4-10H,3,11H2,1-2H3. The van der Waals surface area contributed by atoms with Gasteiger partial charge < -0.3 is 14.0 Å². The van der Waals surface area contributed by atoms with E-state index in [4.69, 9.17) is 9.47 Å². The van der Waals surface area contributed by atoms with Gasteiger partial charge in [0.15, 0.2) is 4.80 Å². The number of ether oxygens (including phenoxy) is 2. The van der Waals surface area contributed by atoms with Crippen LogP contribution in [0, 0.1) is 0 Å². The summed E-state index contributed by atoms with van der Waals surface area (Å²) in [7, 11) is 1.29. The Hall–Kier alpha value is -2.78. The third-order valence-corrected chi connectivity index (χ3v) is 5.51. The molecule has 0 atom stereocenters. The lowest BCUT2D eigenvalue weighted by Crippen LogP contribution is -2.22. The maximum atomic E-state index is 12.6. The summed E-state index contributed by atoms with van der Waals surface area (Å²) in [6, 6.07) is 11.9. The predicted octanol–water partition coefficient (Wildman–Crippen LogP) is 3.56. The Kier molecular flexibility index (Phi) is 6.60. The van der Waals surface area contributed by atoms with Gasteiger partial charge in [-0.05, 0) is 43.3 Å². The summed E-state index contributed by atoms with van der Waals surface area (Å²) in [6.07, 6.45) is 0. The minimum Gasteiger partial charge on any atom is -0.468 e. The van der Waals surface area contributed by atoms with Crippen LogP contribution in [-0.4, -0.2) is 36.1 Å². The molecule has 0 saturated carbocycles. The van der Waals surface area contributed by atoms with E-state index in [0.29, 0.717) is 26.1 Å². The number of amides is 1. The normalized spacial score (nSPS) is 11.5. The molecule has 7 nitrogen and oxygen atoms in total. The lowest BCUT2D eigenvalue weighted by Gasteiger charge is -2.05. The molecule has 0 N–H and O–H groups in total. The number of carbonyl (C=O) groups excluding carboxylic acids is 3. The molecule has 0 aliphatic rings. The van der Waals surface area contributed by atoms with E-state index in [1.165, 1.54) is 18.4 Å². The van der Waals surface area contributed by atoms with Crippen molar-refractivity contribution in [2.24, 2.45) is 4.99 Å². The molecular weight excluding hydrogens is 460 g/mol. The Morgan fingerprint density at radius 3 is 2.62 bits per heavy atom. The molecule has 0 bridgehead atoms. The number of benzene rings is 2. The van der Waals surface area contributed by atoms with Crippen molar-refractivity contribution in [2.45, 2.75) is 13.5 Å². The summed E-state index contributed by atoms with van der Waals surface area (Å²) >= 11 is 4.53. The van der Waals surface area contributed by atoms with Crippen LogP contribution in [0.1, 0.15) is 27.6 Å². The lowest BCUT2D eigenvalue weighted by atomic mass is 10.2. The summed E-state index contributed by atoms with van der Waals surface area (Å²) in [6.45, 7) is 1.89. The van der Waals surface area contributed by atoms with E-state index in [2.05, 4.69) is 20.9 Å². The van der Waals surface area contributed by atoms with Crippen molar-refractivity contribution in [3.63, 3.8) is 0 Å². The second kappa shape index (κ2) is 9.15. The van der Waals surface area contributed by atoms with Gasteiger partial charge >= 0.3 is 11.9 Å². The molecule has 0 radical (unpaired) electrons. The van der Waals surface area contributed by atoms with E-state index in [-0.39, 0.29) is 13.2 Å². The number of halogens is 1. The van der Waals surface area contributed by atoms with Gasteiger partial charge in [0.1, 0.15) is 6.54 Å². The average Bonchev–Trinajstić information content (AvgIpc) is 3.04. The van der Waals surface area contributed by atoms with Crippen molar-refractivity contribution in [2.75, 3.05) is 13.7 Å². The van der Waals surface area contributed by atoms with Crippen LogP contribution in [-0.2, 0) is 20.8 Å². The van der Waals surface area contributed by atoms with E-state index in [9.17, 15) is 14.4 Å². The lowest BCUT2D eigenvalue weighted by molar-refractivity contribution is -0.141. The third-order valence-electron chi connectivity index (χ3n) is 3.98. The monoisotopic (exact) mass is 476 g/mol. The summed E-state index contributed by atoms with van der Waals surface area (Å²) < 4.78 is 12.8. The van der Waals surface area contributed by atoms with Gasteiger partial charge in [-0.25, -0.2) is 4.79 Å². The summed E-state index contributed by atoms with van der Waals surface area (Å²) in [5, 5.41) is 0. The first-order valence-corrected chi connectivity index (χ1v) is 10.3. The van der Waals surface area contributed by atoms with Crippen molar-refractivity contribution >= 4 is 55.3 Å². The zero-order valence-electron chi connectivity index (χ0n) is 15.7. The molecule has 9 heteroatoms. The molecule has 1 heterocycles. The Morgan fingerprint density at radius 1 is 1.14 bits per heavy atom. The minimum absolute atomic E-state index is 0.111. The molecule has 150 valence electrons. The quantitative estimate of drug-likeness (QED) is 0.525. The molecular formula is C20H17BrN2O5S. The number of esters is 2. The fourth-order valence-electron chi connectivity index (χ4n) is 2.62. The van der Waals surface area contributed by atoms with Gasteiger partial charge in [-0.3, -0.25) is 9.59 Å². The third kappa shape index (κ3) is 4.80. The van der Waals surface area contributed by atoms with Gasteiger partial charge in [-0.2, -0.15) is 4.99 Å². The van der Waals surface area contributed by atoms with Gasteiger partial charge in [0, 0.05) is 10.0 Å². The molecule has 0 aliphatic carbocycles. The molecule has 29 heavy (non-hydrogen) atoms. The van der Waals surface area contributed by atoms with Crippen molar-refractivity contribution in [3.05, 3.63) is 62.9 Å². The van der Waals surface area contributed by atoms with Crippen LogP contribution in [0.3, 0.4) is 0 Å². The number of aromatic nitrogens is 1. The minimum atomic E-state index is -0.476. The van der Waals surface area contributed by atoms with Crippen LogP contribution < -0.4 is 4.80 Å². The van der Waals surface area contributed by atoms with Gasteiger partial charge in [0.25, 0.3) is 5.91 Å². The number of hydrogen-bond donors (Lipinski definition) is 0. The number of carbonyl (C=O) groups is 3. The first-order valence-electron chi connectivity index (χ1n) is 8.65. The molecule has 3 rings (SSSR count). The largest absolute Gasteiger partial charge is 0.468 e. The molecule has 1 aromatic heterocycles. The van der Waals surface area contributed by atoms with Crippen LogP contribution in [0.2, 0.25) is 0 Å². The number of methoxy groups -OCH3 is 1. The molecule has 0 saturated heterocycles. The van der Waals surface area contributed by atoms with E-state index in [1.807, 2.05) is 6.07 Å². The van der Waals surface area contributed by atoms with Gasteiger partial charge in [-0.15, -0.1) is 0 Å². The van der Waals surface area contributed by atoms with Crippen molar-refractivity contribution in [3.8, 4) is 0 Å². The average molecular weight is 477 g/mol. The molecule has 3 aromatic rings. The Labute approximate surface area is 178 Å². The Balaban J connectivity index is 2.13. The highest BCUT2D eigenvalue weighted by molar-refractivity contribution is 9.10. The van der Waals surface area contributed by atoms with Crippen LogP contribution >= 0.6 is 27.3 Å². The van der Waals surface area contributed by atoms with Crippen LogP contribution in [0.25, 0.3) is 10.2 Å². The number of fused-ring (bicyclic) bond motifs is 1. The van der Waals surface area contributed by atoms with Crippen LogP contribution in [0.15, 0.2) is 51.9 Å². The summed E-state index contributed by atoms with van der Waals surface area (Å²) in [5.74, 6) is -1.36. The fourth-order valence-corrected chi connectivity index (χ4v) is 4.09. The highest BCUT2D eigenvalue weighted by atomic mass is 79.9. The van der Waals surface area contributed by atoms with Crippen molar-refractivity contribution in [1.82, 2.24) is 4.57 Å². The van der Waals surface area contributed by atoms with E-state index in [0.717, 1.165) is 4.47 Å². The molecule has 1 amide bonds. The number of nitrogens with zero attached hydrogens (tertiary/aromatic N) is 2. The fraction of sp³-hybridized carbons (Fsp3) is 0.200. The van der Waals surface area contributed by atoms with E-state index in [1.54, 1.807) is 47.9 Å². The second-order valence-electron chi connectivity index (χ2n) is 5.88. The molecule has 0 fully saturated rings. The second-order valence-corrected chi connectivity index (χ2v) is 7.80. The van der Waals surface area contributed by atoms with Gasteiger partial charge in [0.2, 0.25) is 0 Å². The first-order chi connectivity index (χ1) is 13.9. The molecule has 0 aliphatic heterocycles. The Bertz CT molecular complexity index is 1170. The zero-order valence-corrected chi connectivity index (χ0v) is 18.1. The number of thiazole rings is 1. The Morgan fingerprint density at radius 2 is 1.93 bits per heavy atom. The number of rotatable bonds is 5. The van der Waals surface area contributed by atoms with Gasteiger partial charge in [0.05, 0.1) is 29.5 Å². The van der Waals surface area contributed by atoms with Crippen molar-refractivity contribution in [1.29, 1.82) is 0 Å². The highest BCUT2D eigenvalue weighted by Gasteiger charge is 2.15. The van der Waals surface area contributed by atoms with E-state index >= 15 is 0 Å². The molecule has 0 unspecified atom stereocenters. The summed E-state index contributed by atoms with van der Waals surface area (Å²) in [5.41, 5.74) is 1.46. The maximum absolute atomic E-state index is 12.6. The van der Waals surface area contributed by atoms with Gasteiger partial charge in [-0.1, -0.05) is 33.3 Å². The SMILES string of the molecule is CCOC(=O)c1ccc2c(c1)sc(=NC(=O)c1cccc(Br)c1)n2CC(=O)OC. The number of hydrogen-bond acceptors (Lipinski definition) is 6. The first kappa shape index (κ1) is 20.9. The van der Waals surface area contributed by atoms with Crippen molar-refractivity contribution < 1.29 is 23.9 Å². The van der Waals surface area contributed by atoms with Crippen LogP contribution in [0.4, 0.5) is 0 Å². The topological polar surface area (TPSA) is 87.0 Å². The summed E-state index contributed by atoms with van der Waals surface area (Å²) in [4.78, 5) is 41.1. The maximum Gasteiger partial charge on any atom is 0.338 e. The predicted molar refractivity (Wildman–Crippen MR) is 112 cm³/mol.